The average molecular weight is 396 g/mol. The number of hydrogen-bond acceptors (Lipinski definition) is 5. The van der Waals surface area contributed by atoms with Gasteiger partial charge in [0, 0.05) is 49.6 Å². The molecule has 1 aliphatic rings. The summed E-state index contributed by atoms with van der Waals surface area (Å²) in [7, 11) is 0. The molecule has 0 spiro atoms. The highest BCUT2D eigenvalue weighted by Crippen LogP contribution is 2.24. The van der Waals surface area contributed by atoms with Gasteiger partial charge in [-0.15, -0.1) is 0 Å². The Morgan fingerprint density at radius 2 is 1.83 bits per heavy atom. The highest BCUT2D eigenvalue weighted by molar-refractivity contribution is 5.79. The number of hydrogen-bond donors (Lipinski definition) is 0. The Morgan fingerprint density at radius 3 is 2.45 bits per heavy atom. The van der Waals surface area contributed by atoms with Gasteiger partial charge in [0.05, 0.1) is 23.5 Å². The third-order valence-corrected chi connectivity index (χ3v) is 5.71. The van der Waals surface area contributed by atoms with E-state index in [0.29, 0.717) is 6.42 Å². The van der Waals surface area contributed by atoms with Crippen molar-refractivity contribution in [3.63, 3.8) is 0 Å². The fraction of sp³-hybridized carbons (Fsp3) is 0.500. The van der Waals surface area contributed by atoms with E-state index >= 15 is 0 Å². The number of anilines is 1. The van der Waals surface area contributed by atoms with Gasteiger partial charge in [0.1, 0.15) is 11.4 Å². The summed E-state index contributed by atoms with van der Waals surface area (Å²) in [6.45, 7) is 13.3. The Kier molecular flexibility index (Phi) is 4.84. The van der Waals surface area contributed by atoms with Crippen molar-refractivity contribution in [2.24, 2.45) is 0 Å². The molecule has 0 radical (unpaired) electrons. The van der Waals surface area contributed by atoms with Crippen molar-refractivity contribution in [2.45, 2.75) is 46.5 Å². The molecule has 1 saturated heterocycles. The van der Waals surface area contributed by atoms with Gasteiger partial charge in [-0.25, -0.2) is 4.98 Å². The van der Waals surface area contributed by atoms with Crippen LogP contribution in [0.3, 0.4) is 0 Å². The maximum atomic E-state index is 12.7. The lowest BCUT2D eigenvalue weighted by Crippen LogP contribution is -2.49. The molecule has 4 rings (SSSR count). The predicted octanol–water partition coefficient (Wildman–Crippen LogP) is 3.13. The number of amides is 1. The van der Waals surface area contributed by atoms with E-state index in [9.17, 15) is 4.79 Å². The summed E-state index contributed by atoms with van der Waals surface area (Å²) < 4.78 is 7.28. The number of imidazole rings is 1. The molecule has 7 nitrogen and oxygen atoms in total. The average Bonchev–Trinajstić information content (AvgIpc) is 3.26. The fourth-order valence-electron chi connectivity index (χ4n) is 3.76. The van der Waals surface area contributed by atoms with Crippen LogP contribution in [-0.4, -0.2) is 51.5 Å². The van der Waals surface area contributed by atoms with E-state index in [1.807, 2.05) is 18.7 Å². The minimum absolute atomic E-state index is 0.0272. The van der Waals surface area contributed by atoms with E-state index in [-0.39, 0.29) is 11.3 Å². The quantitative estimate of drug-likeness (QED) is 0.682. The number of aromatic nitrogens is 3. The van der Waals surface area contributed by atoms with E-state index in [2.05, 4.69) is 59.8 Å². The van der Waals surface area contributed by atoms with Gasteiger partial charge in [0.25, 0.3) is 0 Å². The van der Waals surface area contributed by atoms with E-state index in [4.69, 9.17) is 9.51 Å². The molecular weight excluding hydrogens is 366 g/mol. The van der Waals surface area contributed by atoms with E-state index in [0.717, 1.165) is 60.2 Å². The molecule has 0 atom stereocenters. The third kappa shape index (κ3) is 3.86. The Balaban J connectivity index is 1.42. The molecule has 0 saturated carbocycles. The number of rotatable bonds is 3. The second kappa shape index (κ2) is 7.21. The van der Waals surface area contributed by atoms with Crippen molar-refractivity contribution in [3.8, 4) is 0 Å². The van der Waals surface area contributed by atoms with Crippen LogP contribution in [-0.2, 0) is 16.6 Å². The topological polar surface area (TPSA) is 66.9 Å². The second-order valence-corrected chi connectivity index (χ2v) is 8.88. The molecular formula is C22H29N5O2. The number of aryl methyl sites for hydroxylation is 2. The standard InChI is InChI=1S/C22H29N5O2/c1-15-18(16(2)29-24-15)12-21(28)26-10-8-25(9-11-26)17-6-7-20-23-19(22(3,4)5)14-27(20)13-17/h6-7,13-14H,8-12H2,1-5H3. The normalized spacial score (nSPS) is 15.3. The Bertz CT molecular complexity index is 1020. The minimum atomic E-state index is 0.0272. The molecule has 1 aliphatic heterocycles. The monoisotopic (exact) mass is 395 g/mol. The van der Waals surface area contributed by atoms with Gasteiger partial charge in [-0.3, -0.25) is 4.79 Å². The lowest BCUT2D eigenvalue weighted by molar-refractivity contribution is -0.130. The minimum Gasteiger partial charge on any atom is -0.367 e. The molecule has 0 aliphatic carbocycles. The number of pyridine rings is 1. The van der Waals surface area contributed by atoms with Crippen LogP contribution in [0.15, 0.2) is 29.0 Å². The third-order valence-electron chi connectivity index (χ3n) is 5.71. The highest BCUT2D eigenvalue weighted by Gasteiger charge is 2.24. The SMILES string of the molecule is Cc1noc(C)c1CC(=O)N1CCN(c2ccc3nc(C(C)(C)C)cn3c2)CC1. The number of nitrogens with zero attached hydrogens (tertiary/aromatic N) is 5. The van der Waals surface area contributed by atoms with Gasteiger partial charge < -0.3 is 18.7 Å². The first-order valence-corrected chi connectivity index (χ1v) is 10.2. The number of carbonyl (C=O) groups is 1. The van der Waals surface area contributed by atoms with Crippen LogP contribution in [0.2, 0.25) is 0 Å². The van der Waals surface area contributed by atoms with Crippen molar-refractivity contribution in [3.05, 3.63) is 47.2 Å². The van der Waals surface area contributed by atoms with E-state index in [1.54, 1.807) is 0 Å². The van der Waals surface area contributed by atoms with Gasteiger partial charge in [-0.2, -0.15) is 0 Å². The lowest BCUT2D eigenvalue weighted by Gasteiger charge is -2.36. The van der Waals surface area contributed by atoms with Crippen molar-refractivity contribution >= 4 is 17.2 Å². The summed E-state index contributed by atoms with van der Waals surface area (Å²) >= 11 is 0. The summed E-state index contributed by atoms with van der Waals surface area (Å²) in [5.41, 5.74) is 4.96. The second-order valence-electron chi connectivity index (χ2n) is 8.88. The lowest BCUT2D eigenvalue weighted by atomic mass is 9.93. The Hall–Kier alpha value is -2.83. The fourth-order valence-corrected chi connectivity index (χ4v) is 3.76. The molecule has 0 aromatic carbocycles. The van der Waals surface area contributed by atoms with Crippen LogP contribution in [0.5, 0.6) is 0 Å². The van der Waals surface area contributed by atoms with Gasteiger partial charge in [0.15, 0.2) is 0 Å². The molecule has 29 heavy (non-hydrogen) atoms. The number of carbonyl (C=O) groups excluding carboxylic acids is 1. The maximum Gasteiger partial charge on any atom is 0.227 e. The zero-order chi connectivity index (χ0) is 20.8. The molecule has 0 unspecified atom stereocenters. The molecule has 1 fully saturated rings. The number of fused-ring (bicyclic) bond motifs is 1. The van der Waals surface area contributed by atoms with Gasteiger partial charge in [-0.1, -0.05) is 25.9 Å². The summed E-state index contributed by atoms with van der Waals surface area (Å²) in [6.07, 6.45) is 4.61. The van der Waals surface area contributed by atoms with Gasteiger partial charge in [-0.05, 0) is 26.0 Å². The smallest absolute Gasteiger partial charge is 0.227 e. The van der Waals surface area contributed by atoms with Crippen LogP contribution in [0, 0.1) is 13.8 Å². The first-order valence-electron chi connectivity index (χ1n) is 10.2. The van der Waals surface area contributed by atoms with Crippen LogP contribution in [0.1, 0.15) is 43.5 Å². The van der Waals surface area contributed by atoms with Crippen LogP contribution in [0.4, 0.5) is 5.69 Å². The molecule has 7 heteroatoms. The summed E-state index contributed by atoms with van der Waals surface area (Å²) in [5.74, 6) is 0.872. The maximum absolute atomic E-state index is 12.7. The van der Waals surface area contributed by atoms with E-state index < -0.39 is 0 Å². The molecule has 3 aromatic rings. The first-order chi connectivity index (χ1) is 13.7. The highest BCUT2D eigenvalue weighted by atomic mass is 16.5. The molecule has 0 bridgehead atoms. The van der Waals surface area contributed by atoms with Crippen molar-refractivity contribution in [1.29, 1.82) is 0 Å². The van der Waals surface area contributed by atoms with Crippen LogP contribution >= 0.6 is 0 Å². The van der Waals surface area contributed by atoms with Crippen LogP contribution in [0.25, 0.3) is 5.65 Å². The van der Waals surface area contributed by atoms with Crippen molar-refractivity contribution < 1.29 is 9.32 Å². The van der Waals surface area contributed by atoms with Crippen molar-refractivity contribution in [1.82, 2.24) is 19.4 Å². The summed E-state index contributed by atoms with van der Waals surface area (Å²) in [6, 6.07) is 4.19. The molecule has 3 aromatic heterocycles. The molecule has 1 amide bonds. The zero-order valence-electron chi connectivity index (χ0n) is 17.9. The number of piperazine rings is 1. The first kappa shape index (κ1) is 19.5. The summed E-state index contributed by atoms with van der Waals surface area (Å²) in [5, 5.41) is 3.95. The zero-order valence-corrected chi connectivity index (χ0v) is 17.9. The Labute approximate surface area is 171 Å². The van der Waals surface area contributed by atoms with Gasteiger partial charge in [0.2, 0.25) is 5.91 Å². The largest absolute Gasteiger partial charge is 0.367 e. The molecule has 154 valence electrons. The van der Waals surface area contributed by atoms with E-state index in [1.165, 1.54) is 0 Å². The van der Waals surface area contributed by atoms with Crippen molar-refractivity contribution in [2.75, 3.05) is 31.1 Å². The molecule has 0 N–H and O–H groups in total. The molecule has 4 heterocycles. The predicted molar refractivity (Wildman–Crippen MR) is 112 cm³/mol. The Morgan fingerprint density at radius 1 is 1.10 bits per heavy atom. The van der Waals surface area contributed by atoms with Crippen LogP contribution < -0.4 is 4.90 Å². The summed E-state index contributed by atoms with van der Waals surface area (Å²) in [4.78, 5) is 21.7. The van der Waals surface area contributed by atoms with Gasteiger partial charge >= 0.3 is 0 Å².